The van der Waals surface area contributed by atoms with Gasteiger partial charge in [0, 0.05) is 16.0 Å². The maximum atomic E-state index is 6.15. The zero-order valence-electron chi connectivity index (χ0n) is 11.5. The van der Waals surface area contributed by atoms with Crippen LogP contribution < -0.4 is 10.5 Å². The van der Waals surface area contributed by atoms with Gasteiger partial charge in [-0.25, -0.2) is 0 Å². The first kappa shape index (κ1) is 13.0. The van der Waals surface area contributed by atoms with Gasteiger partial charge in [-0.05, 0) is 56.5 Å². The van der Waals surface area contributed by atoms with Crippen LogP contribution in [0.25, 0.3) is 11.1 Å². The normalized spacial score (nSPS) is 10.7. The summed E-state index contributed by atoms with van der Waals surface area (Å²) in [5, 5.41) is 0.867. The van der Waals surface area contributed by atoms with Crippen LogP contribution in [0.3, 0.4) is 0 Å². The molecule has 18 heavy (non-hydrogen) atoms. The lowest BCUT2D eigenvalue weighted by molar-refractivity contribution is 0.416. The number of nitrogens with two attached hydrogens (primary N) is 1. The molecule has 2 nitrogen and oxygen atoms in total. The molecule has 3 heteroatoms. The number of benzene rings is 1. The molecule has 1 aromatic carbocycles. The molecule has 2 aromatic rings. The number of hydrogen-bond acceptors (Lipinski definition) is 3. The number of aryl methyl sites for hydroxylation is 3. The highest BCUT2D eigenvalue weighted by atomic mass is 32.1. The van der Waals surface area contributed by atoms with Crippen LogP contribution in [-0.2, 0) is 0 Å². The Morgan fingerprint density at radius 3 is 2.17 bits per heavy atom. The van der Waals surface area contributed by atoms with E-state index in [0.29, 0.717) is 0 Å². The Labute approximate surface area is 112 Å². The van der Waals surface area contributed by atoms with E-state index in [2.05, 4.69) is 39.8 Å². The fourth-order valence-corrected chi connectivity index (χ4v) is 3.09. The van der Waals surface area contributed by atoms with Gasteiger partial charge >= 0.3 is 0 Å². The van der Waals surface area contributed by atoms with E-state index in [0.717, 1.165) is 21.9 Å². The molecule has 0 saturated carbocycles. The molecule has 0 fully saturated rings. The average molecular weight is 261 g/mol. The largest absolute Gasteiger partial charge is 0.496 e. The van der Waals surface area contributed by atoms with Crippen molar-refractivity contribution in [2.24, 2.45) is 0 Å². The lowest BCUT2D eigenvalue weighted by Gasteiger charge is -2.12. The van der Waals surface area contributed by atoms with Gasteiger partial charge < -0.3 is 10.5 Å². The fraction of sp³-hybridized carbons (Fsp3) is 0.333. The van der Waals surface area contributed by atoms with Gasteiger partial charge in [0.1, 0.15) is 5.75 Å². The van der Waals surface area contributed by atoms with Crippen LogP contribution in [0.1, 0.15) is 21.6 Å². The number of rotatable bonds is 2. The Morgan fingerprint density at radius 2 is 1.67 bits per heavy atom. The third-order valence-electron chi connectivity index (χ3n) is 3.50. The molecular weight excluding hydrogens is 242 g/mol. The van der Waals surface area contributed by atoms with Crippen LogP contribution >= 0.6 is 11.3 Å². The molecule has 0 spiro atoms. The first-order valence-electron chi connectivity index (χ1n) is 5.96. The van der Waals surface area contributed by atoms with E-state index in [1.165, 1.54) is 21.6 Å². The van der Waals surface area contributed by atoms with Gasteiger partial charge in [0.2, 0.25) is 0 Å². The molecule has 0 atom stereocenters. The molecule has 0 unspecified atom stereocenters. The summed E-state index contributed by atoms with van der Waals surface area (Å²) in [6, 6.07) is 4.25. The molecule has 0 aliphatic rings. The number of ether oxygens (including phenoxy) is 1. The molecule has 0 bridgehead atoms. The monoisotopic (exact) mass is 261 g/mol. The average Bonchev–Trinajstić information content (AvgIpc) is 2.57. The van der Waals surface area contributed by atoms with Crippen molar-refractivity contribution in [2.75, 3.05) is 12.8 Å². The topological polar surface area (TPSA) is 35.2 Å². The van der Waals surface area contributed by atoms with E-state index >= 15 is 0 Å². The Hall–Kier alpha value is -1.48. The summed E-state index contributed by atoms with van der Waals surface area (Å²) < 4.78 is 5.50. The predicted octanol–water partition coefficient (Wildman–Crippen LogP) is 4.24. The quantitative estimate of drug-likeness (QED) is 0.877. The van der Waals surface area contributed by atoms with Crippen LogP contribution in [0.4, 0.5) is 5.00 Å². The number of hydrogen-bond donors (Lipinski definition) is 1. The summed E-state index contributed by atoms with van der Waals surface area (Å²) in [7, 11) is 1.71. The molecule has 0 aliphatic heterocycles. The van der Waals surface area contributed by atoms with Crippen molar-refractivity contribution < 1.29 is 4.74 Å². The van der Waals surface area contributed by atoms with Crippen LogP contribution in [0, 0.1) is 27.7 Å². The SMILES string of the molecule is COc1cc(C)c(C)cc1-c1c(N)sc(C)c1C. The van der Waals surface area contributed by atoms with Gasteiger partial charge in [0.05, 0.1) is 12.1 Å². The van der Waals surface area contributed by atoms with Crippen LogP contribution in [0.2, 0.25) is 0 Å². The van der Waals surface area contributed by atoms with E-state index in [4.69, 9.17) is 10.5 Å². The third kappa shape index (κ3) is 1.99. The van der Waals surface area contributed by atoms with Crippen molar-refractivity contribution in [1.82, 2.24) is 0 Å². The van der Waals surface area contributed by atoms with Gasteiger partial charge in [-0.15, -0.1) is 11.3 Å². The van der Waals surface area contributed by atoms with Gasteiger partial charge in [-0.2, -0.15) is 0 Å². The molecule has 0 aliphatic carbocycles. The van der Waals surface area contributed by atoms with Crippen molar-refractivity contribution in [3.05, 3.63) is 33.7 Å². The molecule has 0 amide bonds. The van der Waals surface area contributed by atoms with E-state index in [1.807, 2.05) is 0 Å². The van der Waals surface area contributed by atoms with Crippen molar-refractivity contribution in [1.29, 1.82) is 0 Å². The minimum absolute atomic E-state index is 0.867. The summed E-state index contributed by atoms with van der Waals surface area (Å²) in [4.78, 5) is 1.27. The molecular formula is C15H19NOS. The second-order valence-corrected chi connectivity index (χ2v) is 5.92. The molecule has 0 radical (unpaired) electrons. The summed E-state index contributed by atoms with van der Waals surface area (Å²) in [6.45, 7) is 8.43. The van der Waals surface area contributed by atoms with Crippen molar-refractivity contribution in [2.45, 2.75) is 27.7 Å². The van der Waals surface area contributed by atoms with E-state index in [1.54, 1.807) is 18.4 Å². The number of methoxy groups -OCH3 is 1. The lowest BCUT2D eigenvalue weighted by atomic mass is 9.97. The van der Waals surface area contributed by atoms with Crippen molar-refractivity contribution in [3.63, 3.8) is 0 Å². The minimum atomic E-state index is 0.867. The predicted molar refractivity (Wildman–Crippen MR) is 79.7 cm³/mol. The summed E-state index contributed by atoms with van der Waals surface area (Å²) in [5.74, 6) is 0.894. The molecule has 2 N–H and O–H groups in total. The maximum absolute atomic E-state index is 6.15. The van der Waals surface area contributed by atoms with Gasteiger partial charge in [0.15, 0.2) is 0 Å². The van der Waals surface area contributed by atoms with Crippen LogP contribution in [0.15, 0.2) is 12.1 Å². The van der Waals surface area contributed by atoms with E-state index < -0.39 is 0 Å². The maximum Gasteiger partial charge on any atom is 0.127 e. The first-order valence-corrected chi connectivity index (χ1v) is 6.78. The zero-order valence-corrected chi connectivity index (χ0v) is 12.4. The highest BCUT2D eigenvalue weighted by molar-refractivity contribution is 7.16. The number of thiophene rings is 1. The zero-order chi connectivity index (χ0) is 13.4. The lowest BCUT2D eigenvalue weighted by Crippen LogP contribution is -1.94. The Morgan fingerprint density at radius 1 is 1.06 bits per heavy atom. The summed E-state index contributed by atoms with van der Waals surface area (Å²) >= 11 is 1.64. The molecule has 1 aromatic heterocycles. The third-order valence-corrected chi connectivity index (χ3v) is 4.53. The van der Waals surface area contributed by atoms with Gasteiger partial charge in [-0.1, -0.05) is 0 Å². The van der Waals surface area contributed by atoms with E-state index in [9.17, 15) is 0 Å². The molecule has 0 saturated heterocycles. The second kappa shape index (κ2) is 4.65. The van der Waals surface area contributed by atoms with Crippen LogP contribution in [0.5, 0.6) is 5.75 Å². The summed E-state index contributed by atoms with van der Waals surface area (Å²) in [6.07, 6.45) is 0. The molecule has 1 heterocycles. The second-order valence-electron chi connectivity index (χ2n) is 4.66. The Balaban J connectivity index is 2.74. The summed E-state index contributed by atoms with van der Waals surface area (Å²) in [5.41, 5.74) is 12.1. The minimum Gasteiger partial charge on any atom is -0.496 e. The first-order chi connectivity index (χ1) is 8.45. The number of nitrogen functional groups attached to an aromatic ring is 1. The van der Waals surface area contributed by atoms with Crippen LogP contribution in [-0.4, -0.2) is 7.11 Å². The smallest absolute Gasteiger partial charge is 0.127 e. The van der Waals surface area contributed by atoms with Crippen molar-refractivity contribution >= 4 is 16.3 Å². The highest BCUT2D eigenvalue weighted by Crippen LogP contribution is 2.42. The van der Waals surface area contributed by atoms with Gasteiger partial charge in [-0.3, -0.25) is 0 Å². The fourth-order valence-electron chi connectivity index (χ4n) is 2.14. The molecule has 96 valence electrons. The Kier molecular flexibility index (Phi) is 3.35. The van der Waals surface area contributed by atoms with Crippen molar-refractivity contribution in [3.8, 4) is 16.9 Å². The Bertz CT molecular complexity index is 599. The van der Waals surface area contributed by atoms with E-state index in [-0.39, 0.29) is 0 Å². The van der Waals surface area contributed by atoms with Gasteiger partial charge in [0.25, 0.3) is 0 Å². The standard InChI is InChI=1S/C15H19NOS/c1-8-6-12(13(17-5)7-9(8)2)14-10(3)11(4)18-15(14)16/h6-7H,16H2,1-5H3. The molecule has 2 rings (SSSR count). The number of anilines is 1. The highest BCUT2D eigenvalue weighted by Gasteiger charge is 2.16.